The molecule has 0 aromatic carbocycles. The van der Waals surface area contributed by atoms with Gasteiger partial charge in [0.1, 0.15) is 0 Å². The Morgan fingerprint density at radius 1 is 1.41 bits per heavy atom. The van der Waals surface area contributed by atoms with E-state index in [0.29, 0.717) is 12.1 Å². The third-order valence-corrected chi connectivity index (χ3v) is 2.70. The minimum Gasteiger partial charge on any atom is -0.294 e. The number of ketones is 1. The summed E-state index contributed by atoms with van der Waals surface area (Å²) in [5.41, 5.74) is 2.63. The van der Waals surface area contributed by atoms with Gasteiger partial charge in [0.15, 0.2) is 5.78 Å². The molecular formula is C13H15N3O. The van der Waals surface area contributed by atoms with Crippen LogP contribution in [0.1, 0.15) is 35.6 Å². The van der Waals surface area contributed by atoms with E-state index in [4.69, 9.17) is 0 Å². The van der Waals surface area contributed by atoms with Crippen molar-refractivity contribution in [3.05, 3.63) is 47.5 Å². The van der Waals surface area contributed by atoms with Crippen LogP contribution in [0.15, 0.2) is 30.6 Å². The van der Waals surface area contributed by atoms with Gasteiger partial charge in [-0.05, 0) is 25.5 Å². The molecule has 2 aromatic rings. The number of hydrogen-bond donors (Lipinski definition) is 0. The molecule has 0 aliphatic heterocycles. The van der Waals surface area contributed by atoms with Gasteiger partial charge < -0.3 is 0 Å². The average Bonchev–Trinajstić information content (AvgIpc) is 2.73. The third-order valence-electron chi connectivity index (χ3n) is 2.70. The SMILES string of the molecule is CCc1c(C(C)=O)cnn1Cc1ccccn1. The molecule has 0 atom stereocenters. The summed E-state index contributed by atoms with van der Waals surface area (Å²) < 4.78 is 1.85. The average molecular weight is 229 g/mol. The molecule has 0 unspecified atom stereocenters. The molecule has 0 fully saturated rings. The fourth-order valence-corrected chi connectivity index (χ4v) is 1.86. The van der Waals surface area contributed by atoms with Gasteiger partial charge in [0, 0.05) is 11.9 Å². The first-order valence-corrected chi connectivity index (χ1v) is 5.68. The fraction of sp³-hybridized carbons (Fsp3) is 0.308. The predicted octanol–water partition coefficient (Wildman–Crippen LogP) is 2.09. The van der Waals surface area contributed by atoms with Crippen molar-refractivity contribution in [2.45, 2.75) is 26.8 Å². The summed E-state index contributed by atoms with van der Waals surface area (Å²) in [7, 11) is 0. The minimum absolute atomic E-state index is 0.0640. The molecule has 4 nitrogen and oxygen atoms in total. The van der Waals surface area contributed by atoms with Crippen molar-refractivity contribution in [2.75, 3.05) is 0 Å². The van der Waals surface area contributed by atoms with Crippen LogP contribution in [0.25, 0.3) is 0 Å². The third kappa shape index (κ3) is 2.41. The Kier molecular flexibility index (Phi) is 3.32. The molecular weight excluding hydrogens is 214 g/mol. The van der Waals surface area contributed by atoms with E-state index in [1.807, 2.05) is 29.8 Å². The zero-order valence-electron chi connectivity index (χ0n) is 10.1. The van der Waals surface area contributed by atoms with Crippen LogP contribution in [0.2, 0.25) is 0 Å². The molecule has 0 amide bonds. The van der Waals surface area contributed by atoms with E-state index in [1.165, 1.54) is 0 Å². The van der Waals surface area contributed by atoms with Crippen LogP contribution >= 0.6 is 0 Å². The van der Waals surface area contributed by atoms with Crippen molar-refractivity contribution >= 4 is 5.78 Å². The lowest BCUT2D eigenvalue weighted by molar-refractivity contribution is 0.101. The highest BCUT2D eigenvalue weighted by Gasteiger charge is 2.12. The minimum atomic E-state index is 0.0640. The van der Waals surface area contributed by atoms with E-state index in [-0.39, 0.29) is 5.78 Å². The van der Waals surface area contributed by atoms with Crippen LogP contribution < -0.4 is 0 Å². The first-order chi connectivity index (χ1) is 8.22. The Morgan fingerprint density at radius 2 is 2.24 bits per heavy atom. The summed E-state index contributed by atoms with van der Waals surface area (Å²) >= 11 is 0. The molecule has 0 aliphatic rings. The highest BCUT2D eigenvalue weighted by Crippen LogP contribution is 2.11. The first kappa shape index (κ1) is 11.5. The molecule has 4 heteroatoms. The summed E-state index contributed by atoms with van der Waals surface area (Å²) in [4.78, 5) is 15.7. The van der Waals surface area contributed by atoms with Crippen molar-refractivity contribution in [3.8, 4) is 0 Å². The summed E-state index contributed by atoms with van der Waals surface area (Å²) in [6, 6.07) is 5.78. The molecule has 0 spiro atoms. The molecule has 2 aromatic heterocycles. The molecule has 17 heavy (non-hydrogen) atoms. The Hall–Kier alpha value is -1.97. The van der Waals surface area contributed by atoms with E-state index >= 15 is 0 Å². The van der Waals surface area contributed by atoms with Crippen molar-refractivity contribution < 1.29 is 4.79 Å². The lowest BCUT2D eigenvalue weighted by Gasteiger charge is -2.06. The molecule has 88 valence electrons. The number of Topliss-reactive ketones (excluding diaryl/α,β-unsaturated/α-hetero) is 1. The van der Waals surface area contributed by atoms with Crippen molar-refractivity contribution in [1.29, 1.82) is 0 Å². The van der Waals surface area contributed by atoms with E-state index in [0.717, 1.165) is 17.8 Å². The second-order valence-electron chi connectivity index (χ2n) is 3.89. The highest BCUT2D eigenvalue weighted by atomic mass is 16.1. The largest absolute Gasteiger partial charge is 0.294 e. The zero-order chi connectivity index (χ0) is 12.3. The molecule has 0 bridgehead atoms. The van der Waals surface area contributed by atoms with Crippen molar-refractivity contribution in [2.24, 2.45) is 0 Å². The van der Waals surface area contributed by atoms with E-state index < -0.39 is 0 Å². The number of carbonyl (C=O) groups excluding carboxylic acids is 1. The highest BCUT2D eigenvalue weighted by molar-refractivity contribution is 5.94. The predicted molar refractivity (Wildman–Crippen MR) is 64.9 cm³/mol. The number of nitrogens with zero attached hydrogens (tertiary/aromatic N) is 3. The van der Waals surface area contributed by atoms with E-state index in [9.17, 15) is 4.79 Å². The molecule has 0 N–H and O–H groups in total. The summed E-state index contributed by atoms with van der Waals surface area (Å²) in [5.74, 6) is 0.0640. The summed E-state index contributed by atoms with van der Waals surface area (Å²) in [6.45, 7) is 4.21. The molecule has 0 radical (unpaired) electrons. The van der Waals surface area contributed by atoms with Gasteiger partial charge in [-0.3, -0.25) is 14.5 Å². The second-order valence-corrected chi connectivity index (χ2v) is 3.89. The first-order valence-electron chi connectivity index (χ1n) is 5.68. The number of aromatic nitrogens is 3. The van der Waals surface area contributed by atoms with E-state index in [2.05, 4.69) is 10.1 Å². The van der Waals surface area contributed by atoms with Gasteiger partial charge in [-0.2, -0.15) is 5.10 Å². The zero-order valence-corrected chi connectivity index (χ0v) is 10.1. The monoisotopic (exact) mass is 229 g/mol. The summed E-state index contributed by atoms with van der Waals surface area (Å²) in [6.07, 6.45) is 4.20. The maximum Gasteiger partial charge on any atom is 0.163 e. The Bertz CT molecular complexity index is 517. The number of rotatable bonds is 4. The molecule has 0 saturated heterocycles. The van der Waals surface area contributed by atoms with Crippen LogP contribution in [-0.4, -0.2) is 20.5 Å². The molecule has 0 saturated carbocycles. The van der Waals surface area contributed by atoms with Gasteiger partial charge >= 0.3 is 0 Å². The maximum absolute atomic E-state index is 11.4. The maximum atomic E-state index is 11.4. The van der Waals surface area contributed by atoms with Crippen LogP contribution in [0.5, 0.6) is 0 Å². The van der Waals surface area contributed by atoms with Gasteiger partial charge in [0.2, 0.25) is 0 Å². The molecule has 2 rings (SSSR count). The van der Waals surface area contributed by atoms with Gasteiger partial charge in [-0.25, -0.2) is 0 Å². The number of hydrogen-bond acceptors (Lipinski definition) is 3. The topological polar surface area (TPSA) is 47.8 Å². The second kappa shape index (κ2) is 4.91. The lowest BCUT2D eigenvalue weighted by atomic mass is 10.1. The van der Waals surface area contributed by atoms with Crippen LogP contribution in [0.4, 0.5) is 0 Å². The smallest absolute Gasteiger partial charge is 0.163 e. The van der Waals surface area contributed by atoms with Gasteiger partial charge in [-0.15, -0.1) is 0 Å². The normalized spacial score (nSPS) is 10.5. The van der Waals surface area contributed by atoms with Crippen LogP contribution in [-0.2, 0) is 13.0 Å². The quantitative estimate of drug-likeness (QED) is 0.754. The Balaban J connectivity index is 2.31. The molecule has 2 heterocycles. The Labute approximate surface area is 100 Å². The van der Waals surface area contributed by atoms with Crippen LogP contribution in [0, 0.1) is 0 Å². The van der Waals surface area contributed by atoms with Gasteiger partial charge in [0.05, 0.1) is 24.0 Å². The standard InChI is InChI=1S/C13H15N3O/c1-3-13-12(10(2)17)8-15-16(13)9-11-6-4-5-7-14-11/h4-8H,3,9H2,1-2H3. The van der Waals surface area contributed by atoms with Crippen molar-refractivity contribution in [3.63, 3.8) is 0 Å². The summed E-state index contributed by atoms with van der Waals surface area (Å²) in [5, 5.41) is 4.26. The Morgan fingerprint density at radius 3 is 2.82 bits per heavy atom. The number of pyridine rings is 1. The van der Waals surface area contributed by atoms with Gasteiger partial charge in [0.25, 0.3) is 0 Å². The van der Waals surface area contributed by atoms with Crippen molar-refractivity contribution in [1.82, 2.24) is 14.8 Å². The van der Waals surface area contributed by atoms with Gasteiger partial charge in [-0.1, -0.05) is 13.0 Å². The lowest BCUT2D eigenvalue weighted by Crippen LogP contribution is -2.08. The fourth-order valence-electron chi connectivity index (χ4n) is 1.86. The number of carbonyl (C=O) groups is 1. The van der Waals surface area contributed by atoms with Crippen LogP contribution in [0.3, 0.4) is 0 Å². The van der Waals surface area contributed by atoms with E-state index in [1.54, 1.807) is 19.3 Å². The molecule has 0 aliphatic carbocycles.